The second-order valence-corrected chi connectivity index (χ2v) is 10.9. The number of sulfonamides is 1. The van der Waals surface area contributed by atoms with E-state index in [0.29, 0.717) is 15.8 Å². The summed E-state index contributed by atoms with van der Waals surface area (Å²) >= 11 is 13.5. The molecule has 35 heavy (non-hydrogen) atoms. The molecule has 3 aromatic rings. The Hall–Kier alpha value is -2.54. The van der Waals surface area contributed by atoms with Crippen LogP contribution in [0.4, 0.5) is 5.13 Å². The van der Waals surface area contributed by atoms with Gasteiger partial charge in [-0.3, -0.25) is 10.1 Å². The summed E-state index contributed by atoms with van der Waals surface area (Å²) in [5.74, 6) is -1.55. The van der Waals surface area contributed by atoms with E-state index >= 15 is 0 Å². The first kappa shape index (κ1) is 25.5. The maximum atomic E-state index is 12.9. The van der Waals surface area contributed by atoms with Crippen LogP contribution in [0.25, 0.3) is 11.3 Å². The second-order valence-electron chi connectivity index (χ2n) is 7.30. The minimum absolute atomic E-state index is 0.000593. The summed E-state index contributed by atoms with van der Waals surface area (Å²) in [6, 6.07) is 10.9. The molecule has 1 aromatic heterocycles. The highest BCUT2D eigenvalue weighted by molar-refractivity contribution is 7.89. The zero-order valence-corrected chi connectivity index (χ0v) is 21.2. The standard InChI is InChI=1S/C22H19Cl2N3O6S2/c23-17-4-2-1-3-15(17)19-13-34-22(25-19)26-20(28)12-33-21(29)16-11-14(5-6-18(16)24)35(30,31)27-7-9-32-10-8-27/h1-6,11,13H,7-10,12H2,(H,25,26,28). The third kappa shape index (κ3) is 6.00. The summed E-state index contributed by atoms with van der Waals surface area (Å²) in [6.45, 7) is 0.377. The lowest BCUT2D eigenvalue weighted by molar-refractivity contribution is -0.119. The Bertz CT molecular complexity index is 1360. The molecule has 1 fully saturated rings. The van der Waals surface area contributed by atoms with E-state index in [9.17, 15) is 18.0 Å². The molecule has 0 aliphatic carbocycles. The minimum atomic E-state index is -3.84. The van der Waals surface area contributed by atoms with Gasteiger partial charge in [0.1, 0.15) is 0 Å². The summed E-state index contributed by atoms with van der Waals surface area (Å²) in [7, 11) is -3.84. The van der Waals surface area contributed by atoms with E-state index in [1.54, 1.807) is 17.5 Å². The Labute approximate surface area is 215 Å². The number of rotatable bonds is 7. The number of ether oxygens (including phenoxy) is 2. The molecular formula is C22H19Cl2N3O6S2. The number of benzene rings is 2. The zero-order valence-electron chi connectivity index (χ0n) is 18.1. The van der Waals surface area contributed by atoms with Crippen molar-refractivity contribution in [1.82, 2.24) is 9.29 Å². The monoisotopic (exact) mass is 555 g/mol. The number of carbonyl (C=O) groups is 2. The van der Waals surface area contributed by atoms with Crippen molar-refractivity contribution in [2.24, 2.45) is 0 Å². The fourth-order valence-electron chi connectivity index (χ4n) is 3.25. The SMILES string of the molecule is O=C(COC(=O)c1cc(S(=O)(=O)N2CCOCC2)ccc1Cl)Nc1nc(-c2ccccc2Cl)cs1. The fraction of sp³-hybridized carbons (Fsp3) is 0.227. The second kappa shape index (κ2) is 11.0. The molecule has 1 amide bonds. The van der Waals surface area contributed by atoms with Crippen LogP contribution in [0.2, 0.25) is 10.0 Å². The van der Waals surface area contributed by atoms with Gasteiger partial charge in [-0.15, -0.1) is 11.3 Å². The molecule has 1 aliphatic heterocycles. The van der Waals surface area contributed by atoms with E-state index in [1.807, 2.05) is 12.1 Å². The number of nitrogens with zero attached hydrogens (tertiary/aromatic N) is 2. The maximum Gasteiger partial charge on any atom is 0.340 e. The molecule has 13 heteroatoms. The highest BCUT2D eigenvalue weighted by atomic mass is 35.5. The van der Waals surface area contributed by atoms with Crippen LogP contribution in [-0.4, -0.2) is 62.5 Å². The molecule has 0 bridgehead atoms. The van der Waals surface area contributed by atoms with Crippen molar-refractivity contribution in [3.05, 3.63) is 63.5 Å². The summed E-state index contributed by atoms with van der Waals surface area (Å²) in [4.78, 5) is 29.1. The summed E-state index contributed by atoms with van der Waals surface area (Å²) in [5, 5.41) is 5.12. The van der Waals surface area contributed by atoms with Crippen molar-refractivity contribution in [1.29, 1.82) is 0 Å². The average Bonchev–Trinajstić information content (AvgIpc) is 3.31. The van der Waals surface area contributed by atoms with Gasteiger partial charge in [0.2, 0.25) is 10.0 Å². The van der Waals surface area contributed by atoms with Crippen molar-refractivity contribution in [3.63, 3.8) is 0 Å². The molecule has 0 saturated carbocycles. The third-order valence-electron chi connectivity index (χ3n) is 5.00. The smallest absolute Gasteiger partial charge is 0.340 e. The fourth-order valence-corrected chi connectivity index (χ4v) is 5.83. The lowest BCUT2D eigenvalue weighted by Gasteiger charge is -2.26. The molecule has 0 radical (unpaired) electrons. The van der Waals surface area contributed by atoms with Crippen LogP contribution in [0.5, 0.6) is 0 Å². The van der Waals surface area contributed by atoms with Crippen molar-refractivity contribution in [2.45, 2.75) is 4.90 Å². The number of esters is 1. The number of amides is 1. The number of hydrogen-bond donors (Lipinski definition) is 1. The molecule has 1 saturated heterocycles. The molecule has 4 rings (SSSR count). The average molecular weight is 556 g/mol. The molecular weight excluding hydrogens is 537 g/mol. The van der Waals surface area contributed by atoms with E-state index < -0.39 is 28.5 Å². The van der Waals surface area contributed by atoms with Crippen molar-refractivity contribution in [3.8, 4) is 11.3 Å². The Morgan fingerprint density at radius 2 is 1.86 bits per heavy atom. The molecule has 0 atom stereocenters. The number of morpholine rings is 1. The van der Waals surface area contributed by atoms with E-state index in [0.717, 1.165) is 11.6 Å². The van der Waals surface area contributed by atoms with Crippen LogP contribution in [0, 0.1) is 0 Å². The summed E-state index contributed by atoms with van der Waals surface area (Å²) in [5.41, 5.74) is 1.15. The lowest BCUT2D eigenvalue weighted by Crippen LogP contribution is -2.40. The van der Waals surface area contributed by atoms with E-state index in [-0.39, 0.29) is 41.8 Å². The summed E-state index contributed by atoms with van der Waals surface area (Å²) < 4.78 is 37.2. The Kier molecular flexibility index (Phi) is 8.05. The topological polar surface area (TPSA) is 115 Å². The van der Waals surface area contributed by atoms with Crippen LogP contribution in [0.3, 0.4) is 0 Å². The Morgan fingerprint density at radius 1 is 1.11 bits per heavy atom. The lowest BCUT2D eigenvalue weighted by atomic mass is 10.2. The quantitative estimate of drug-likeness (QED) is 0.439. The molecule has 0 unspecified atom stereocenters. The van der Waals surface area contributed by atoms with Gasteiger partial charge in [0.05, 0.1) is 34.4 Å². The molecule has 184 valence electrons. The van der Waals surface area contributed by atoms with Gasteiger partial charge in [0, 0.05) is 29.1 Å². The maximum absolute atomic E-state index is 12.9. The first-order chi connectivity index (χ1) is 16.8. The Balaban J connectivity index is 1.39. The van der Waals surface area contributed by atoms with Gasteiger partial charge < -0.3 is 9.47 Å². The third-order valence-corrected chi connectivity index (χ3v) is 8.31. The first-order valence-electron chi connectivity index (χ1n) is 10.3. The molecule has 2 heterocycles. The van der Waals surface area contributed by atoms with Gasteiger partial charge in [0.25, 0.3) is 5.91 Å². The van der Waals surface area contributed by atoms with Crippen LogP contribution in [0.1, 0.15) is 10.4 Å². The first-order valence-corrected chi connectivity index (χ1v) is 13.4. The number of nitrogens with one attached hydrogen (secondary N) is 1. The van der Waals surface area contributed by atoms with Gasteiger partial charge in [-0.25, -0.2) is 18.2 Å². The van der Waals surface area contributed by atoms with E-state index in [1.165, 1.54) is 27.8 Å². The van der Waals surface area contributed by atoms with Gasteiger partial charge in [-0.1, -0.05) is 41.4 Å². The van der Waals surface area contributed by atoms with E-state index in [4.69, 9.17) is 32.7 Å². The molecule has 0 spiro atoms. The van der Waals surface area contributed by atoms with Crippen LogP contribution in [0.15, 0.2) is 52.7 Å². The van der Waals surface area contributed by atoms with Gasteiger partial charge in [-0.2, -0.15) is 4.31 Å². The zero-order chi connectivity index (χ0) is 25.0. The van der Waals surface area contributed by atoms with Gasteiger partial charge >= 0.3 is 5.97 Å². The highest BCUT2D eigenvalue weighted by Crippen LogP contribution is 2.30. The molecule has 1 N–H and O–H groups in total. The molecule has 9 nitrogen and oxygen atoms in total. The van der Waals surface area contributed by atoms with Gasteiger partial charge in [-0.05, 0) is 24.3 Å². The van der Waals surface area contributed by atoms with E-state index in [2.05, 4.69) is 10.3 Å². The summed E-state index contributed by atoms with van der Waals surface area (Å²) in [6.07, 6.45) is 0. The molecule has 2 aromatic carbocycles. The van der Waals surface area contributed by atoms with Crippen molar-refractivity contribution < 1.29 is 27.5 Å². The van der Waals surface area contributed by atoms with Crippen LogP contribution in [-0.2, 0) is 24.3 Å². The number of aromatic nitrogens is 1. The van der Waals surface area contributed by atoms with Crippen LogP contribution < -0.4 is 5.32 Å². The number of carbonyl (C=O) groups excluding carboxylic acids is 2. The predicted molar refractivity (Wildman–Crippen MR) is 133 cm³/mol. The van der Waals surface area contributed by atoms with Crippen molar-refractivity contribution >= 4 is 61.6 Å². The largest absolute Gasteiger partial charge is 0.452 e. The highest BCUT2D eigenvalue weighted by Gasteiger charge is 2.28. The normalized spacial score (nSPS) is 14.5. The van der Waals surface area contributed by atoms with Crippen LogP contribution >= 0.6 is 34.5 Å². The number of halogens is 2. The predicted octanol–water partition coefficient (Wildman–Crippen LogP) is 3.93. The Morgan fingerprint density at radius 3 is 2.60 bits per heavy atom. The number of hydrogen-bond acceptors (Lipinski definition) is 8. The molecule has 1 aliphatic rings. The van der Waals surface area contributed by atoms with Crippen molar-refractivity contribution in [2.75, 3.05) is 38.2 Å². The number of anilines is 1. The minimum Gasteiger partial charge on any atom is -0.452 e. The number of thiazole rings is 1. The van der Waals surface area contributed by atoms with Gasteiger partial charge in [0.15, 0.2) is 11.7 Å².